The maximum Gasteiger partial charge on any atom is 0.257 e. The zero-order valence-electron chi connectivity index (χ0n) is 17.8. The van der Waals surface area contributed by atoms with E-state index in [1.54, 1.807) is 4.90 Å². The van der Waals surface area contributed by atoms with Crippen molar-refractivity contribution < 1.29 is 22.5 Å². The van der Waals surface area contributed by atoms with E-state index in [-0.39, 0.29) is 42.3 Å². The van der Waals surface area contributed by atoms with E-state index >= 15 is 0 Å². The first-order chi connectivity index (χ1) is 15.9. The van der Waals surface area contributed by atoms with E-state index in [0.29, 0.717) is 17.8 Å². The van der Waals surface area contributed by atoms with Gasteiger partial charge in [-0.05, 0) is 55.4 Å². The Morgan fingerprint density at radius 1 is 1.12 bits per heavy atom. The second kappa shape index (κ2) is 8.62. The van der Waals surface area contributed by atoms with E-state index in [1.807, 2.05) is 30.3 Å². The highest BCUT2D eigenvalue weighted by molar-refractivity contribution is 5.78. The summed E-state index contributed by atoms with van der Waals surface area (Å²) in [5.74, 6) is -2.37. The zero-order chi connectivity index (χ0) is 23.1. The average molecular weight is 456 g/mol. The Morgan fingerprint density at radius 2 is 1.88 bits per heavy atom. The summed E-state index contributed by atoms with van der Waals surface area (Å²) in [7, 11) is 0. The number of rotatable bonds is 6. The van der Waals surface area contributed by atoms with Crippen LogP contribution >= 0.6 is 0 Å². The molecular weight excluding hydrogens is 433 g/mol. The molecule has 4 atom stereocenters. The average Bonchev–Trinajstić information content (AvgIpc) is 3.54. The maximum atomic E-state index is 14.0. The number of aromatic nitrogens is 2. The Kier molecular flexibility index (Phi) is 5.65. The van der Waals surface area contributed by atoms with Gasteiger partial charge in [0.05, 0.1) is 6.04 Å². The maximum absolute atomic E-state index is 14.0. The highest BCUT2D eigenvalue weighted by atomic mass is 19.2. The Balaban J connectivity index is 1.32. The molecule has 1 aliphatic carbocycles. The van der Waals surface area contributed by atoms with E-state index < -0.39 is 23.5 Å². The number of hydrogen-bond acceptors (Lipinski definition) is 5. The van der Waals surface area contributed by atoms with Crippen molar-refractivity contribution in [2.45, 2.75) is 50.2 Å². The lowest BCUT2D eigenvalue weighted by atomic mass is 9.96. The molecule has 2 aromatic carbocycles. The monoisotopic (exact) mass is 456 g/mol. The van der Waals surface area contributed by atoms with E-state index in [4.69, 9.17) is 10.3 Å². The molecule has 2 bridgehead atoms. The van der Waals surface area contributed by atoms with E-state index in [1.165, 1.54) is 0 Å². The SMILES string of the molecule is N[C@@H](CC(=O)N1[C@H]2CCC(C2)[C@H]1c1noc(-c2ccccc2)n1)Cc1cc(F)c(F)cc1F. The number of fused-ring (bicyclic) bond motifs is 2. The summed E-state index contributed by atoms with van der Waals surface area (Å²) in [6, 6.07) is 9.70. The minimum atomic E-state index is -1.26. The van der Waals surface area contributed by atoms with Crippen LogP contribution in [0.1, 0.15) is 43.1 Å². The predicted molar refractivity (Wildman–Crippen MR) is 113 cm³/mol. The fraction of sp³-hybridized carbons (Fsp3) is 0.375. The standard InChI is InChI=1S/C24H23F3N4O2/c25-18-12-20(27)19(26)10-15(18)8-16(28)11-21(32)31-17-7-6-14(9-17)22(31)23-29-24(33-30-23)13-4-2-1-3-5-13/h1-5,10,12,14,16-17,22H,6-9,11,28H2/t14?,16-,17+,22+/m1/s1. The minimum absolute atomic E-state index is 0.0540. The van der Waals surface area contributed by atoms with Crippen LogP contribution in [0.25, 0.3) is 11.5 Å². The molecule has 1 saturated carbocycles. The van der Waals surface area contributed by atoms with Gasteiger partial charge < -0.3 is 15.2 Å². The van der Waals surface area contributed by atoms with E-state index in [9.17, 15) is 18.0 Å². The van der Waals surface area contributed by atoms with Crippen molar-refractivity contribution in [3.63, 3.8) is 0 Å². The summed E-state index contributed by atoms with van der Waals surface area (Å²) in [5.41, 5.74) is 6.86. The summed E-state index contributed by atoms with van der Waals surface area (Å²) in [6.45, 7) is 0. The lowest BCUT2D eigenvalue weighted by Gasteiger charge is -2.34. The van der Waals surface area contributed by atoms with Crippen LogP contribution in [0.3, 0.4) is 0 Å². The van der Waals surface area contributed by atoms with Crippen molar-refractivity contribution in [2.24, 2.45) is 11.7 Å². The van der Waals surface area contributed by atoms with Crippen LogP contribution in [0.5, 0.6) is 0 Å². The molecule has 0 radical (unpaired) electrons. The van der Waals surface area contributed by atoms with Crippen LogP contribution in [-0.2, 0) is 11.2 Å². The van der Waals surface area contributed by atoms with Gasteiger partial charge in [-0.15, -0.1) is 0 Å². The number of likely N-dealkylation sites (tertiary alicyclic amines) is 1. The predicted octanol–water partition coefficient (Wildman–Crippen LogP) is 4.17. The molecule has 2 aliphatic rings. The first kappa shape index (κ1) is 21.6. The Hall–Kier alpha value is -3.20. The molecule has 2 N–H and O–H groups in total. The fourth-order valence-corrected chi connectivity index (χ4v) is 5.14. The van der Waals surface area contributed by atoms with Crippen LogP contribution in [0.2, 0.25) is 0 Å². The van der Waals surface area contributed by atoms with Crippen LogP contribution in [0, 0.1) is 23.4 Å². The van der Waals surface area contributed by atoms with E-state index in [0.717, 1.165) is 30.9 Å². The molecule has 6 nitrogen and oxygen atoms in total. The van der Waals surface area contributed by atoms with Gasteiger partial charge in [-0.2, -0.15) is 4.98 Å². The van der Waals surface area contributed by atoms with Gasteiger partial charge in [0, 0.05) is 30.1 Å². The summed E-state index contributed by atoms with van der Waals surface area (Å²) in [5, 5.41) is 4.16. The number of nitrogens with zero attached hydrogens (tertiary/aromatic N) is 3. The van der Waals surface area contributed by atoms with Crippen molar-refractivity contribution >= 4 is 5.91 Å². The van der Waals surface area contributed by atoms with Crippen LogP contribution < -0.4 is 5.73 Å². The quantitative estimate of drug-likeness (QED) is 0.563. The molecule has 1 aliphatic heterocycles. The van der Waals surface area contributed by atoms with Crippen LogP contribution in [0.15, 0.2) is 47.0 Å². The van der Waals surface area contributed by atoms with Crippen LogP contribution in [-0.4, -0.2) is 33.0 Å². The third kappa shape index (κ3) is 4.13. The molecule has 1 unspecified atom stereocenters. The second-order valence-corrected chi connectivity index (χ2v) is 8.82. The first-order valence-electron chi connectivity index (χ1n) is 11.0. The van der Waals surface area contributed by atoms with Crippen molar-refractivity contribution in [3.8, 4) is 11.5 Å². The molecule has 1 amide bonds. The van der Waals surface area contributed by atoms with Gasteiger partial charge in [-0.25, -0.2) is 13.2 Å². The number of amides is 1. The highest BCUT2D eigenvalue weighted by Crippen LogP contribution is 2.50. The van der Waals surface area contributed by atoms with Gasteiger partial charge in [0.15, 0.2) is 17.5 Å². The van der Waals surface area contributed by atoms with Gasteiger partial charge in [0.2, 0.25) is 5.91 Å². The van der Waals surface area contributed by atoms with Crippen molar-refractivity contribution in [3.05, 3.63) is 71.3 Å². The third-order valence-electron chi connectivity index (χ3n) is 6.61. The normalized spacial score (nSPS) is 22.7. The number of benzene rings is 2. The van der Waals surface area contributed by atoms with Gasteiger partial charge in [0.25, 0.3) is 5.89 Å². The summed E-state index contributed by atoms with van der Waals surface area (Å²) >= 11 is 0. The molecule has 1 aromatic heterocycles. The van der Waals surface area contributed by atoms with Gasteiger partial charge >= 0.3 is 0 Å². The summed E-state index contributed by atoms with van der Waals surface area (Å²) < 4.78 is 46.1. The molecule has 0 spiro atoms. The molecular formula is C24H23F3N4O2. The summed E-state index contributed by atoms with van der Waals surface area (Å²) in [6.07, 6.45) is 2.59. The molecule has 3 aromatic rings. The molecule has 1 saturated heterocycles. The largest absolute Gasteiger partial charge is 0.334 e. The highest BCUT2D eigenvalue weighted by Gasteiger charge is 2.50. The minimum Gasteiger partial charge on any atom is -0.334 e. The number of hydrogen-bond donors (Lipinski definition) is 1. The van der Waals surface area contributed by atoms with Crippen LogP contribution in [0.4, 0.5) is 13.2 Å². The molecule has 2 fully saturated rings. The van der Waals surface area contributed by atoms with Crippen molar-refractivity contribution in [1.29, 1.82) is 0 Å². The molecule has 9 heteroatoms. The lowest BCUT2D eigenvalue weighted by Crippen LogP contribution is -2.43. The Labute approximate surface area is 188 Å². The molecule has 2 heterocycles. The zero-order valence-corrected chi connectivity index (χ0v) is 17.8. The second-order valence-electron chi connectivity index (χ2n) is 8.82. The third-order valence-corrected chi connectivity index (χ3v) is 6.61. The Bertz CT molecular complexity index is 1170. The van der Waals surface area contributed by atoms with Gasteiger partial charge in [-0.1, -0.05) is 23.4 Å². The number of nitrogens with two attached hydrogens (primary N) is 1. The Morgan fingerprint density at radius 3 is 2.67 bits per heavy atom. The van der Waals surface area contributed by atoms with Crippen molar-refractivity contribution in [2.75, 3.05) is 0 Å². The van der Waals surface area contributed by atoms with E-state index in [2.05, 4.69) is 10.1 Å². The number of piperidine rings is 1. The lowest BCUT2D eigenvalue weighted by molar-refractivity contribution is -0.136. The molecule has 172 valence electrons. The first-order valence-corrected chi connectivity index (χ1v) is 11.0. The topological polar surface area (TPSA) is 85.3 Å². The number of halogens is 3. The number of carbonyl (C=O) groups is 1. The smallest absolute Gasteiger partial charge is 0.257 e. The van der Waals surface area contributed by atoms with Gasteiger partial charge in [-0.3, -0.25) is 4.79 Å². The van der Waals surface area contributed by atoms with Gasteiger partial charge in [0.1, 0.15) is 5.82 Å². The molecule has 33 heavy (non-hydrogen) atoms. The fourth-order valence-electron chi connectivity index (χ4n) is 5.14. The summed E-state index contributed by atoms with van der Waals surface area (Å²) in [4.78, 5) is 19.6. The number of carbonyl (C=O) groups excluding carboxylic acids is 1. The molecule has 5 rings (SSSR count). The van der Waals surface area contributed by atoms with Crippen molar-refractivity contribution in [1.82, 2.24) is 15.0 Å².